The number of anilines is 1. The van der Waals surface area contributed by atoms with Gasteiger partial charge >= 0.3 is 0 Å². The summed E-state index contributed by atoms with van der Waals surface area (Å²) in [6.45, 7) is 0. The molecule has 0 aliphatic heterocycles. The fraction of sp³-hybridized carbons (Fsp3) is 0.100. The highest BCUT2D eigenvalue weighted by atomic mass is 19.1. The third kappa shape index (κ3) is 3.66. The highest BCUT2D eigenvalue weighted by molar-refractivity contribution is 6.06. The number of halogens is 1. The Balaban J connectivity index is 1.92. The average Bonchev–Trinajstić information content (AvgIpc) is 2.64. The first-order valence-corrected chi connectivity index (χ1v) is 7.72. The number of carbonyl (C=O) groups excluding carboxylic acids is 1. The molecule has 0 aliphatic rings. The monoisotopic (exact) mass is 320 g/mol. The van der Waals surface area contributed by atoms with E-state index in [4.69, 9.17) is 0 Å². The van der Waals surface area contributed by atoms with Crippen LogP contribution in [0.15, 0.2) is 85.2 Å². The van der Waals surface area contributed by atoms with Crippen LogP contribution in [-0.4, -0.2) is 17.2 Å². The van der Waals surface area contributed by atoms with Crippen LogP contribution in [-0.2, 0) is 6.42 Å². The molecule has 4 heteroatoms. The Morgan fingerprint density at radius 1 is 0.917 bits per heavy atom. The van der Waals surface area contributed by atoms with E-state index in [0.717, 1.165) is 5.56 Å². The predicted molar refractivity (Wildman–Crippen MR) is 92.5 cm³/mol. The molecule has 2 aromatic carbocycles. The minimum absolute atomic E-state index is 0.132. The standard InChI is InChI=1S/C20H17FN2O/c21-19(15-16-7-3-1-4-8-16)23(18-9-5-2-6-10-18)20(24)17-11-13-22-14-12-17/h1-14,19H,15H2. The molecule has 120 valence electrons. The Kier molecular flexibility index (Phi) is 4.96. The molecule has 0 bridgehead atoms. The van der Waals surface area contributed by atoms with Crippen LogP contribution in [0.2, 0.25) is 0 Å². The number of benzene rings is 2. The molecule has 0 fully saturated rings. The molecule has 0 saturated heterocycles. The number of para-hydroxylation sites is 1. The molecule has 1 heterocycles. The second-order valence-corrected chi connectivity index (χ2v) is 5.37. The zero-order valence-corrected chi connectivity index (χ0v) is 13.0. The van der Waals surface area contributed by atoms with Crippen LogP contribution < -0.4 is 4.90 Å². The van der Waals surface area contributed by atoms with Gasteiger partial charge in [0, 0.05) is 30.1 Å². The Morgan fingerprint density at radius 2 is 1.50 bits per heavy atom. The number of rotatable bonds is 5. The predicted octanol–water partition coefficient (Wildman–Crippen LogP) is 4.27. The van der Waals surface area contributed by atoms with Crippen molar-refractivity contribution in [2.45, 2.75) is 12.7 Å². The summed E-state index contributed by atoms with van der Waals surface area (Å²) in [6, 6.07) is 21.4. The lowest BCUT2D eigenvalue weighted by Gasteiger charge is -2.26. The molecule has 0 N–H and O–H groups in total. The summed E-state index contributed by atoms with van der Waals surface area (Å²) >= 11 is 0. The van der Waals surface area contributed by atoms with E-state index in [1.807, 2.05) is 36.4 Å². The average molecular weight is 320 g/mol. The Morgan fingerprint density at radius 3 is 2.12 bits per heavy atom. The molecular formula is C20H17FN2O. The number of alkyl halides is 1. The summed E-state index contributed by atoms with van der Waals surface area (Å²) < 4.78 is 15.1. The van der Waals surface area contributed by atoms with Gasteiger partial charge in [-0.2, -0.15) is 0 Å². The van der Waals surface area contributed by atoms with E-state index in [-0.39, 0.29) is 12.3 Å². The van der Waals surface area contributed by atoms with Gasteiger partial charge in [0.1, 0.15) is 0 Å². The first-order valence-electron chi connectivity index (χ1n) is 7.72. The van der Waals surface area contributed by atoms with Crippen LogP contribution in [0.1, 0.15) is 15.9 Å². The number of aromatic nitrogens is 1. The summed E-state index contributed by atoms with van der Waals surface area (Å²) in [5.74, 6) is -0.382. The topological polar surface area (TPSA) is 33.2 Å². The van der Waals surface area contributed by atoms with Gasteiger partial charge in [0.05, 0.1) is 0 Å². The molecule has 1 unspecified atom stereocenters. The molecular weight excluding hydrogens is 303 g/mol. The van der Waals surface area contributed by atoms with Crippen molar-refractivity contribution in [1.82, 2.24) is 4.98 Å². The van der Waals surface area contributed by atoms with E-state index in [0.29, 0.717) is 11.3 Å². The zero-order chi connectivity index (χ0) is 16.8. The molecule has 0 saturated carbocycles. The van der Waals surface area contributed by atoms with E-state index >= 15 is 4.39 Å². The molecule has 1 amide bonds. The summed E-state index contributed by atoms with van der Waals surface area (Å²) in [5, 5.41) is 0. The second-order valence-electron chi connectivity index (χ2n) is 5.37. The lowest BCUT2D eigenvalue weighted by molar-refractivity contribution is 0.0951. The van der Waals surface area contributed by atoms with Crippen LogP contribution in [0.5, 0.6) is 0 Å². The van der Waals surface area contributed by atoms with Gasteiger partial charge in [0.15, 0.2) is 6.30 Å². The lowest BCUT2D eigenvalue weighted by Crippen LogP contribution is -2.39. The minimum atomic E-state index is -1.46. The second kappa shape index (κ2) is 7.51. The highest BCUT2D eigenvalue weighted by Gasteiger charge is 2.26. The van der Waals surface area contributed by atoms with E-state index in [2.05, 4.69) is 4.98 Å². The van der Waals surface area contributed by atoms with Gasteiger partial charge in [-0.15, -0.1) is 0 Å². The molecule has 3 aromatic rings. The van der Waals surface area contributed by atoms with Crippen LogP contribution >= 0.6 is 0 Å². The van der Waals surface area contributed by atoms with E-state index in [1.54, 1.807) is 36.4 Å². The van der Waals surface area contributed by atoms with E-state index < -0.39 is 6.30 Å². The smallest absolute Gasteiger partial charge is 0.260 e. The number of hydrogen-bond acceptors (Lipinski definition) is 2. The summed E-state index contributed by atoms with van der Waals surface area (Å²) in [6.07, 6.45) is 1.73. The zero-order valence-electron chi connectivity index (χ0n) is 13.0. The number of carbonyl (C=O) groups is 1. The van der Waals surface area contributed by atoms with Gasteiger partial charge < -0.3 is 0 Å². The minimum Gasteiger partial charge on any atom is -0.277 e. The van der Waals surface area contributed by atoms with Crippen molar-refractivity contribution < 1.29 is 9.18 Å². The van der Waals surface area contributed by atoms with Gasteiger partial charge in [-0.05, 0) is 29.8 Å². The van der Waals surface area contributed by atoms with Gasteiger partial charge in [0.2, 0.25) is 0 Å². The number of pyridine rings is 1. The molecule has 3 nitrogen and oxygen atoms in total. The van der Waals surface area contributed by atoms with Crippen molar-refractivity contribution in [3.63, 3.8) is 0 Å². The van der Waals surface area contributed by atoms with Gasteiger partial charge in [-0.25, -0.2) is 4.39 Å². The third-order valence-electron chi connectivity index (χ3n) is 3.71. The summed E-state index contributed by atoms with van der Waals surface area (Å²) in [5.41, 5.74) is 1.78. The number of amides is 1. The van der Waals surface area contributed by atoms with E-state index in [1.165, 1.54) is 17.3 Å². The Bertz CT molecular complexity index is 779. The molecule has 1 atom stereocenters. The molecule has 0 aliphatic carbocycles. The first-order chi connectivity index (χ1) is 11.8. The van der Waals surface area contributed by atoms with Crippen LogP contribution in [0, 0.1) is 0 Å². The number of hydrogen-bond donors (Lipinski definition) is 0. The fourth-order valence-corrected chi connectivity index (χ4v) is 2.53. The van der Waals surface area contributed by atoms with E-state index in [9.17, 15) is 4.79 Å². The Hall–Kier alpha value is -3.01. The molecule has 0 radical (unpaired) electrons. The van der Waals surface area contributed by atoms with Gasteiger partial charge in [-0.3, -0.25) is 14.7 Å². The van der Waals surface area contributed by atoms with Crippen molar-refractivity contribution in [2.75, 3.05) is 4.90 Å². The van der Waals surface area contributed by atoms with Crippen molar-refractivity contribution in [2.24, 2.45) is 0 Å². The quantitative estimate of drug-likeness (QED) is 0.658. The van der Waals surface area contributed by atoms with Crippen molar-refractivity contribution in [3.05, 3.63) is 96.3 Å². The first kappa shape index (κ1) is 15.9. The van der Waals surface area contributed by atoms with Crippen molar-refractivity contribution in [3.8, 4) is 0 Å². The van der Waals surface area contributed by atoms with Crippen LogP contribution in [0.4, 0.5) is 10.1 Å². The fourth-order valence-electron chi connectivity index (χ4n) is 2.53. The summed E-state index contributed by atoms with van der Waals surface area (Å²) in [7, 11) is 0. The molecule has 24 heavy (non-hydrogen) atoms. The highest BCUT2D eigenvalue weighted by Crippen LogP contribution is 2.22. The van der Waals surface area contributed by atoms with Gasteiger partial charge in [0.25, 0.3) is 5.91 Å². The molecule has 3 rings (SSSR count). The third-order valence-corrected chi connectivity index (χ3v) is 3.71. The maximum absolute atomic E-state index is 15.1. The van der Waals surface area contributed by atoms with Gasteiger partial charge in [-0.1, -0.05) is 48.5 Å². The lowest BCUT2D eigenvalue weighted by atomic mass is 10.1. The normalized spacial score (nSPS) is 11.7. The van der Waals surface area contributed by atoms with Crippen molar-refractivity contribution >= 4 is 11.6 Å². The molecule has 0 spiro atoms. The largest absolute Gasteiger partial charge is 0.277 e. The SMILES string of the molecule is O=C(c1ccncc1)N(c1ccccc1)C(F)Cc1ccccc1. The van der Waals surface area contributed by atoms with Crippen molar-refractivity contribution in [1.29, 1.82) is 0 Å². The Labute approximate surface area is 140 Å². The van der Waals surface area contributed by atoms with Crippen LogP contribution in [0.3, 0.4) is 0 Å². The number of nitrogens with zero attached hydrogens (tertiary/aromatic N) is 2. The maximum Gasteiger partial charge on any atom is 0.260 e. The maximum atomic E-state index is 15.1. The van der Waals surface area contributed by atoms with Crippen LogP contribution in [0.25, 0.3) is 0 Å². The molecule has 1 aromatic heterocycles. The summed E-state index contributed by atoms with van der Waals surface area (Å²) in [4.78, 5) is 17.9.